The summed E-state index contributed by atoms with van der Waals surface area (Å²) in [7, 11) is 0.764. The second-order valence-corrected chi connectivity index (χ2v) is 0.556. The van der Waals surface area contributed by atoms with Crippen molar-refractivity contribution in [3.8, 4) is 0 Å². The van der Waals surface area contributed by atoms with Gasteiger partial charge in [-0.3, -0.25) is 0 Å². The summed E-state index contributed by atoms with van der Waals surface area (Å²) >= 11 is 0. The molecule has 0 amide bonds. The van der Waals surface area contributed by atoms with Crippen LogP contribution in [0.25, 0.3) is 0 Å². The Morgan fingerprint density at radius 2 is 1.57 bits per heavy atom. The molecule has 33 valence electrons. The van der Waals surface area contributed by atoms with Crippen molar-refractivity contribution in [3.63, 3.8) is 0 Å². The Bertz CT molecular complexity index is 117. The average Bonchev–Trinajstić information content (AvgIpc) is 1.69. The Labute approximate surface area is 40.3 Å². The van der Waals surface area contributed by atoms with Crippen molar-refractivity contribution in [2.75, 3.05) is 0 Å². The molecule has 0 aromatic carbocycles. The zero-order chi connectivity index (χ0) is 5.54. The lowest BCUT2D eigenvalue weighted by molar-refractivity contribution is 0.566. The maximum atomic E-state index is 9.17. The highest BCUT2D eigenvalue weighted by Gasteiger charge is 1.73. The second kappa shape index (κ2) is 4.82. The van der Waals surface area contributed by atoms with E-state index in [2.05, 4.69) is 9.81 Å². The van der Waals surface area contributed by atoms with E-state index in [-0.39, 0.29) is 0 Å². The second-order valence-electron chi connectivity index (χ2n) is 0.556. The van der Waals surface area contributed by atoms with Gasteiger partial charge in [0.1, 0.15) is 0 Å². The van der Waals surface area contributed by atoms with Crippen LogP contribution in [0.1, 0.15) is 0 Å². The van der Waals surface area contributed by atoms with E-state index in [0.29, 0.717) is 0 Å². The minimum atomic E-state index is 0.764. The molecule has 4 nitrogen and oxygen atoms in total. The van der Waals surface area contributed by atoms with Crippen molar-refractivity contribution in [3.05, 3.63) is 0 Å². The fourth-order valence-corrected chi connectivity index (χ4v) is 0.0760. The van der Waals surface area contributed by atoms with Gasteiger partial charge in [-0.15, -0.1) is 0 Å². The van der Waals surface area contributed by atoms with Crippen LogP contribution >= 0.6 is 0 Å². The first-order valence-electron chi connectivity index (χ1n) is 1.37. The van der Waals surface area contributed by atoms with E-state index < -0.39 is 0 Å². The highest BCUT2D eigenvalue weighted by Crippen LogP contribution is 1.55. The van der Waals surface area contributed by atoms with Crippen LogP contribution in [0, 0.1) is 0 Å². The smallest absolute Gasteiger partial charge is 0.239 e. The van der Waals surface area contributed by atoms with E-state index in [1.54, 1.807) is 0 Å². The Morgan fingerprint density at radius 1 is 1.14 bits per heavy atom. The maximum Gasteiger partial charge on any atom is 0.460 e. The van der Waals surface area contributed by atoms with Crippen molar-refractivity contribution in [1.82, 2.24) is 0 Å². The molecule has 0 aliphatic carbocycles. The SMILES string of the molecule is O=C=N[B]N=C=O. The normalized spacial score (nSPS) is 5.14. The molecule has 5 heteroatoms. The van der Waals surface area contributed by atoms with E-state index in [0.717, 1.165) is 19.7 Å². The molecular weight excluding hydrogens is 94.8 g/mol. The van der Waals surface area contributed by atoms with E-state index >= 15 is 0 Å². The van der Waals surface area contributed by atoms with Crippen LogP contribution in [0.5, 0.6) is 0 Å². The van der Waals surface area contributed by atoms with E-state index in [4.69, 9.17) is 9.59 Å². The van der Waals surface area contributed by atoms with Crippen molar-refractivity contribution >= 4 is 19.7 Å². The lowest BCUT2D eigenvalue weighted by atomic mass is 10.2. The molecule has 0 spiro atoms. The Kier molecular flexibility index (Phi) is 4.01. The standard InChI is InChI=1S/C2BN2O2/c6-1-4-3-5-2-7. The Hall–Kier alpha value is -1.18. The van der Waals surface area contributed by atoms with Gasteiger partial charge >= 0.3 is 7.55 Å². The zero-order valence-corrected chi connectivity index (χ0v) is 3.29. The average molecular weight is 94.8 g/mol. The first-order valence-corrected chi connectivity index (χ1v) is 1.37. The molecule has 0 N–H and O–H groups in total. The molecule has 0 aliphatic heterocycles. The molecule has 1 radical (unpaired) electrons. The molecule has 0 aromatic heterocycles. The molecule has 7 heavy (non-hydrogen) atoms. The van der Waals surface area contributed by atoms with Crippen LogP contribution in [-0.4, -0.2) is 19.7 Å². The van der Waals surface area contributed by atoms with Crippen LogP contribution in [-0.2, 0) is 9.59 Å². The van der Waals surface area contributed by atoms with Gasteiger partial charge in [-0.25, -0.2) is 19.4 Å². The molecule has 0 heterocycles. The molecule has 0 saturated carbocycles. The molecule has 0 unspecified atom stereocenters. The van der Waals surface area contributed by atoms with Crippen molar-refractivity contribution < 1.29 is 9.59 Å². The largest absolute Gasteiger partial charge is 0.460 e. The molecule has 0 fully saturated rings. The highest BCUT2D eigenvalue weighted by molar-refractivity contribution is 6.33. The number of hydrogen-bond donors (Lipinski definition) is 0. The van der Waals surface area contributed by atoms with Gasteiger partial charge in [0.15, 0.2) is 0 Å². The van der Waals surface area contributed by atoms with Gasteiger partial charge in [0.05, 0.1) is 0 Å². The topological polar surface area (TPSA) is 58.9 Å². The lowest BCUT2D eigenvalue weighted by Crippen LogP contribution is -1.73. The summed E-state index contributed by atoms with van der Waals surface area (Å²) in [6.45, 7) is 0. The molecule has 0 aliphatic rings. The first kappa shape index (κ1) is 5.82. The molecular formula is C2BN2O2. The summed E-state index contributed by atoms with van der Waals surface area (Å²) in [6, 6.07) is 0. The Balaban J connectivity index is 3.33. The van der Waals surface area contributed by atoms with Crippen molar-refractivity contribution in [1.29, 1.82) is 0 Å². The summed E-state index contributed by atoms with van der Waals surface area (Å²) in [5.74, 6) is 0. The zero-order valence-electron chi connectivity index (χ0n) is 3.29. The van der Waals surface area contributed by atoms with Crippen LogP contribution in [0.4, 0.5) is 0 Å². The van der Waals surface area contributed by atoms with E-state index in [1.807, 2.05) is 0 Å². The molecule has 0 rings (SSSR count). The molecule has 0 saturated heterocycles. The monoisotopic (exact) mass is 95.0 g/mol. The van der Waals surface area contributed by atoms with Gasteiger partial charge in [-0.05, 0) is 0 Å². The summed E-state index contributed by atoms with van der Waals surface area (Å²) in [5, 5.41) is 0. The predicted molar refractivity (Wildman–Crippen MR) is 22.0 cm³/mol. The van der Waals surface area contributed by atoms with E-state index in [9.17, 15) is 0 Å². The van der Waals surface area contributed by atoms with E-state index in [1.165, 1.54) is 0 Å². The maximum absolute atomic E-state index is 9.17. The van der Waals surface area contributed by atoms with Gasteiger partial charge in [0, 0.05) is 0 Å². The van der Waals surface area contributed by atoms with Crippen LogP contribution in [0.3, 0.4) is 0 Å². The minimum Gasteiger partial charge on any atom is -0.239 e. The minimum absolute atomic E-state index is 0.764. The number of isocyanates is 2. The highest BCUT2D eigenvalue weighted by atomic mass is 16.1. The fraction of sp³-hybridized carbons (Fsp3) is 0. The number of carbonyl (C=O) groups excluding carboxylic acids is 2. The number of nitrogens with zero attached hydrogens (tertiary/aromatic N) is 2. The Morgan fingerprint density at radius 3 is 1.86 bits per heavy atom. The number of rotatable bonds is 2. The lowest BCUT2D eigenvalue weighted by Gasteiger charge is -1.57. The fourth-order valence-electron chi connectivity index (χ4n) is 0.0760. The van der Waals surface area contributed by atoms with Crippen LogP contribution in [0.15, 0.2) is 9.81 Å². The third kappa shape index (κ3) is 4.82. The van der Waals surface area contributed by atoms with Gasteiger partial charge in [0.25, 0.3) is 0 Å². The molecule has 0 atom stereocenters. The molecule has 0 aromatic rings. The third-order valence-electron chi connectivity index (χ3n) is 0.221. The van der Waals surface area contributed by atoms with Crippen molar-refractivity contribution in [2.24, 2.45) is 9.81 Å². The van der Waals surface area contributed by atoms with Gasteiger partial charge < -0.3 is 0 Å². The van der Waals surface area contributed by atoms with Gasteiger partial charge in [0.2, 0.25) is 12.2 Å². The predicted octanol–water partition coefficient (Wildman–Crippen LogP) is -0.808. The number of hydrogen-bond acceptors (Lipinski definition) is 4. The summed E-state index contributed by atoms with van der Waals surface area (Å²) in [6.07, 6.45) is 2.30. The van der Waals surface area contributed by atoms with Crippen LogP contribution in [0.2, 0.25) is 0 Å². The summed E-state index contributed by atoms with van der Waals surface area (Å²) in [5.41, 5.74) is 0. The summed E-state index contributed by atoms with van der Waals surface area (Å²) in [4.78, 5) is 23.9. The summed E-state index contributed by atoms with van der Waals surface area (Å²) < 4.78 is 0. The first-order chi connectivity index (χ1) is 3.41. The third-order valence-corrected chi connectivity index (χ3v) is 0.221. The quantitative estimate of drug-likeness (QED) is 0.256. The molecule has 0 bridgehead atoms. The van der Waals surface area contributed by atoms with Gasteiger partial charge in [-0.1, -0.05) is 0 Å². The van der Waals surface area contributed by atoms with Crippen molar-refractivity contribution in [2.45, 2.75) is 0 Å². The van der Waals surface area contributed by atoms with Crippen LogP contribution < -0.4 is 0 Å². The van der Waals surface area contributed by atoms with Gasteiger partial charge in [-0.2, -0.15) is 0 Å².